The lowest BCUT2D eigenvalue weighted by molar-refractivity contribution is -0.111. The van der Waals surface area contributed by atoms with Crippen LogP contribution in [0.5, 0.6) is 0 Å². The Morgan fingerprint density at radius 3 is 2.12 bits per heavy atom. The van der Waals surface area contributed by atoms with Crippen molar-refractivity contribution in [1.29, 1.82) is 0 Å². The highest BCUT2D eigenvalue weighted by molar-refractivity contribution is 4.92. The van der Waals surface area contributed by atoms with Crippen molar-refractivity contribution in [3.63, 3.8) is 0 Å². The van der Waals surface area contributed by atoms with E-state index in [0.29, 0.717) is 11.5 Å². The number of hydrogen-bond acceptors (Lipinski definition) is 2. The molecule has 1 rings (SSSR count). The first-order valence-corrected chi connectivity index (χ1v) is 7.11. The van der Waals surface area contributed by atoms with Crippen molar-refractivity contribution in [3.8, 4) is 0 Å². The van der Waals surface area contributed by atoms with E-state index in [1.165, 1.54) is 25.7 Å². The normalized spacial score (nSPS) is 30.9. The Hall–Kier alpha value is -0.0800. The maximum Gasteiger partial charge on any atom is 0.0809 e. The first-order chi connectivity index (χ1) is 7.79. The molecule has 0 aromatic carbocycles. The lowest BCUT2D eigenvalue weighted by atomic mass is 9.68. The fraction of sp³-hybridized carbons (Fsp3) is 1.00. The average molecular weight is 241 g/mol. The van der Waals surface area contributed by atoms with Gasteiger partial charge in [0.05, 0.1) is 11.7 Å². The Bertz CT molecular complexity index is 222. The molecule has 0 aromatic rings. The molecule has 0 unspecified atom stereocenters. The zero-order valence-electron chi connectivity index (χ0n) is 12.6. The molecule has 1 saturated carbocycles. The quantitative estimate of drug-likeness (QED) is 0.812. The molecule has 0 bridgehead atoms. The molecule has 2 nitrogen and oxygen atoms in total. The van der Waals surface area contributed by atoms with E-state index in [2.05, 4.69) is 39.9 Å². The highest BCUT2D eigenvalue weighted by atomic mass is 16.5. The molecule has 1 N–H and O–H groups in total. The summed E-state index contributed by atoms with van der Waals surface area (Å²) in [6, 6.07) is 0. The second-order valence-corrected chi connectivity index (χ2v) is 7.02. The molecule has 0 heterocycles. The van der Waals surface area contributed by atoms with Crippen LogP contribution in [0.1, 0.15) is 60.3 Å². The Kier molecular flexibility index (Phi) is 5.03. The Balaban J connectivity index is 2.61. The van der Waals surface area contributed by atoms with Gasteiger partial charge in [0, 0.05) is 6.54 Å². The highest BCUT2D eigenvalue weighted by Crippen LogP contribution is 2.43. The molecule has 0 aliphatic heterocycles. The molecule has 1 aliphatic carbocycles. The standard InChI is InChI=1S/C15H31NO/c1-12(2)17-15(11-16-6)9-7-13(8-10-15)14(3,4)5/h12-13,16H,7-11H2,1-6H3. The number of rotatable bonds is 4. The molecule has 2 heteroatoms. The van der Waals surface area contributed by atoms with Crippen LogP contribution in [0.2, 0.25) is 0 Å². The van der Waals surface area contributed by atoms with Crippen molar-refractivity contribution in [3.05, 3.63) is 0 Å². The summed E-state index contributed by atoms with van der Waals surface area (Å²) in [5, 5.41) is 3.31. The van der Waals surface area contributed by atoms with E-state index in [0.717, 1.165) is 12.5 Å². The second kappa shape index (κ2) is 5.71. The van der Waals surface area contributed by atoms with Gasteiger partial charge in [-0.15, -0.1) is 0 Å². The van der Waals surface area contributed by atoms with E-state index in [-0.39, 0.29) is 5.60 Å². The summed E-state index contributed by atoms with van der Waals surface area (Å²) in [5.41, 5.74) is 0.536. The first kappa shape index (κ1) is 15.0. The van der Waals surface area contributed by atoms with Gasteiger partial charge in [0.1, 0.15) is 0 Å². The van der Waals surface area contributed by atoms with Crippen LogP contribution in [0.25, 0.3) is 0 Å². The monoisotopic (exact) mass is 241 g/mol. The lowest BCUT2D eigenvalue weighted by Gasteiger charge is -2.44. The molecule has 0 radical (unpaired) electrons. The van der Waals surface area contributed by atoms with Gasteiger partial charge in [0.25, 0.3) is 0 Å². The van der Waals surface area contributed by atoms with Gasteiger partial charge >= 0.3 is 0 Å². The van der Waals surface area contributed by atoms with Crippen molar-refractivity contribution >= 4 is 0 Å². The summed E-state index contributed by atoms with van der Waals surface area (Å²) in [7, 11) is 2.03. The Morgan fingerprint density at radius 1 is 1.24 bits per heavy atom. The molecule has 0 saturated heterocycles. The molecule has 0 atom stereocenters. The zero-order chi connectivity index (χ0) is 13.1. The molecule has 0 spiro atoms. The van der Waals surface area contributed by atoms with Crippen LogP contribution in [-0.4, -0.2) is 25.3 Å². The molecular weight excluding hydrogens is 210 g/mol. The molecule has 0 amide bonds. The van der Waals surface area contributed by atoms with Gasteiger partial charge < -0.3 is 10.1 Å². The predicted octanol–water partition coefficient (Wildman–Crippen LogP) is 3.61. The SMILES string of the molecule is CNCC1(OC(C)C)CCC(C(C)(C)C)CC1. The molecule has 1 fully saturated rings. The van der Waals surface area contributed by atoms with Gasteiger partial charge in [-0.25, -0.2) is 0 Å². The van der Waals surface area contributed by atoms with Gasteiger partial charge in [-0.3, -0.25) is 0 Å². The van der Waals surface area contributed by atoms with Gasteiger partial charge in [0.2, 0.25) is 0 Å². The van der Waals surface area contributed by atoms with Crippen LogP contribution in [0.4, 0.5) is 0 Å². The number of ether oxygens (including phenoxy) is 1. The maximum atomic E-state index is 6.22. The average Bonchev–Trinajstić information content (AvgIpc) is 2.15. The van der Waals surface area contributed by atoms with Crippen molar-refractivity contribution < 1.29 is 4.74 Å². The minimum absolute atomic E-state index is 0.0880. The molecule has 17 heavy (non-hydrogen) atoms. The van der Waals surface area contributed by atoms with Crippen LogP contribution in [0.15, 0.2) is 0 Å². The third-order valence-electron chi connectivity index (χ3n) is 4.11. The summed E-state index contributed by atoms with van der Waals surface area (Å²) in [6.07, 6.45) is 5.34. The molecular formula is C15H31NO. The van der Waals surface area contributed by atoms with E-state index >= 15 is 0 Å². The highest BCUT2D eigenvalue weighted by Gasteiger charge is 2.39. The number of hydrogen-bond donors (Lipinski definition) is 1. The van der Waals surface area contributed by atoms with E-state index in [1.54, 1.807) is 0 Å². The third kappa shape index (κ3) is 4.26. The summed E-state index contributed by atoms with van der Waals surface area (Å²) in [4.78, 5) is 0. The predicted molar refractivity (Wildman–Crippen MR) is 74.3 cm³/mol. The van der Waals surface area contributed by atoms with Crippen LogP contribution in [0, 0.1) is 11.3 Å². The smallest absolute Gasteiger partial charge is 0.0809 e. The van der Waals surface area contributed by atoms with Crippen LogP contribution in [0.3, 0.4) is 0 Å². The largest absolute Gasteiger partial charge is 0.371 e. The van der Waals surface area contributed by atoms with Gasteiger partial charge in [-0.05, 0) is 57.9 Å². The fourth-order valence-corrected chi connectivity index (χ4v) is 3.17. The number of nitrogens with one attached hydrogen (secondary N) is 1. The fourth-order valence-electron chi connectivity index (χ4n) is 3.17. The third-order valence-corrected chi connectivity index (χ3v) is 4.11. The summed E-state index contributed by atoms with van der Waals surface area (Å²) >= 11 is 0. The van der Waals surface area contributed by atoms with E-state index < -0.39 is 0 Å². The van der Waals surface area contributed by atoms with E-state index in [1.807, 2.05) is 7.05 Å². The van der Waals surface area contributed by atoms with Crippen molar-refractivity contribution in [2.45, 2.75) is 72.0 Å². The van der Waals surface area contributed by atoms with Gasteiger partial charge in [-0.2, -0.15) is 0 Å². The Labute approximate surface area is 108 Å². The van der Waals surface area contributed by atoms with Crippen LogP contribution < -0.4 is 5.32 Å². The molecule has 102 valence electrons. The maximum absolute atomic E-state index is 6.22. The lowest BCUT2D eigenvalue weighted by Crippen LogP contribution is -2.47. The minimum Gasteiger partial charge on any atom is -0.371 e. The topological polar surface area (TPSA) is 21.3 Å². The zero-order valence-corrected chi connectivity index (χ0v) is 12.6. The first-order valence-electron chi connectivity index (χ1n) is 7.11. The van der Waals surface area contributed by atoms with Crippen molar-refractivity contribution in [1.82, 2.24) is 5.32 Å². The van der Waals surface area contributed by atoms with Crippen molar-refractivity contribution in [2.24, 2.45) is 11.3 Å². The summed E-state index contributed by atoms with van der Waals surface area (Å²) in [5.74, 6) is 0.850. The van der Waals surface area contributed by atoms with Crippen molar-refractivity contribution in [2.75, 3.05) is 13.6 Å². The van der Waals surface area contributed by atoms with Crippen LogP contribution >= 0.6 is 0 Å². The summed E-state index contributed by atoms with van der Waals surface area (Å²) < 4.78 is 6.22. The number of likely N-dealkylation sites (N-methyl/N-ethyl adjacent to an activating group) is 1. The van der Waals surface area contributed by atoms with E-state index in [9.17, 15) is 0 Å². The van der Waals surface area contributed by atoms with Gasteiger partial charge in [-0.1, -0.05) is 20.8 Å². The van der Waals surface area contributed by atoms with Crippen LogP contribution in [-0.2, 0) is 4.74 Å². The van der Waals surface area contributed by atoms with Gasteiger partial charge in [0.15, 0.2) is 0 Å². The van der Waals surface area contributed by atoms with E-state index in [4.69, 9.17) is 4.74 Å². The summed E-state index contributed by atoms with van der Waals surface area (Å²) in [6.45, 7) is 12.4. The second-order valence-electron chi connectivity index (χ2n) is 7.02. The minimum atomic E-state index is 0.0880. The Morgan fingerprint density at radius 2 is 1.76 bits per heavy atom. The molecule has 1 aliphatic rings. The molecule has 0 aromatic heterocycles.